The Morgan fingerprint density at radius 1 is 1.37 bits per heavy atom. The minimum Gasteiger partial charge on any atom is -0.445 e. The van der Waals surface area contributed by atoms with Gasteiger partial charge >= 0.3 is 12.1 Å². The van der Waals surface area contributed by atoms with Gasteiger partial charge in [0.05, 0.1) is 17.6 Å². The number of non-ortho nitro benzene ring substituents is 1. The van der Waals surface area contributed by atoms with Gasteiger partial charge in [0.15, 0.2) is 0 Å². The Balaban J connectivity index is 1.80. The lowest BCUT2D eigenvalue weighted by Crippen LogP contribution is -2.38. The lowest BCUT2D eigenvalue weighted by Gasteiger charge is -2.23. The fraction of sp³-hybridized carbons (Fsp3) is 0.500. The Morgan fingerprint density at radius 2 is 2.03 bits per heavy atom. The molecule has 1 aromatic rings. The number of amides is 4. The summed E-state index contributed by atoms with van der Waals surface area (Å²) in [6, 6.07) is 4.62. The van der Waals surface area contributed by atoms with Crippen molar-refractivity contribution >= 4 is 35.5 Å². The molecule has 0 radical (unpaired) electrons. The summed E-state index contributed by atoms with van der Waals surface area (Å²) in [5.41, 5.74) is 5.60. The second kappa shape index (κ2) is 10.8. The number of carbonyl (C=O) groups excluding carboxylic acids is 3. The van der Waals surface area contributed by atoms with Crippen molar-refractivity contribution in [1.82, 2.24) is 9.80 Å². The van der Waals surface area contributed by atoms with Crippen molar-refractivity contribution in [2.24, 2.45) is 5.73 Å². The van der Waals surface area contributed by atoms with E-state index in [9.17, 15) is 29.6 Å². The number of aliphatic hydroxyl groups excluding tert-OH is 1. The van der Waals surface area contributed by atoms with E-state index in [0.29, 0.717) is 23.5 Å². The first-order valence-corrected chi connectivity index (χ1v) is 10.3. The number of urea groups is 1. The summed E-state index contributed by atoms with van der Waals surface area (Å²) >= 11 is 1.43. The second-order valence-corrected chi connectivity index (χ2v) is 7.94. The monoisotopic (exact) mass is 440 g/mol. The number of rotatable bonds is 8. The quantitative estimate of drug-likeness (QED) is 0.348. The molecule has 0 aromatic heterocycles. The Morgan fingerprint density at radius 3 is 2.63 bits per heavy atom. The van der Waals surface area contributed by atoms with Gasteiger partial charge in [0.2, 0.25) is 5.91 Å². The standard InChI is InChI=1S/C18H24N4O7S/c1-20(17(19)25)16(24)6-7-30-11-14-8-15(23)9-21(14)18(26)29-10-12-2-4-13(5-3-12)22(27)28/h2-5,14-15,23H,6-11H2,1H3,(H2,19,25)/t14-,15-/m0/s1. The van der Waals surface area contributed by atoms with E-state index in [0.717, 1.165) is 4.90 Å². The van der Waals surface area contributed by atoms with E-state index in [1.165, 1.54) is 48.0 Å². The largest absolute Gasteiger partial charge is 0.445 e. The zero-order valence-electron chi connectivity index (χ0n) is 16.4. The SMILES string of the molecule is CN(C(N)=O)C(=O)CCSC[C@@H]1C[C@H](O)CN1C(=O)OCc1ccc([N+](=O)[O-])cc1. The molecule has 0 unspecified atom stereocenters. The molecule has 11 nitrogen and oxygen atoms in total. The number of primary amides is 1. The van der Waals surface area contributed by atoms with Crippen molar-refractivity contribution in [3.05, 3.63) is 39.9 Å². The minimum absolute atomic E-state index is 0.0444. The highest BCUT2D eigenvalue weighted by Gasteiger charge is 2.35. The number of aliphatic hydroxyl groups is 1. The molecule has 4 amide bonds. The smallest absolute Gasteiger partial charge is 0.410 e. The van der Waals surface area contributed by atoms with Gasteiger partial charge in [0.25, 0.3) is 5.69 Å². The number of likely N-dealkylation sites (tertiary alicyclic amines) is 1. The lowest BCUT2D eigenvalue weighted by atomic mass is 10.2. The Kier molecular flexibility index (Phi) is 8.42. The highest BCUT2D eigenvalue weighted by Crippen LogP contribution is 2.23. The molecule has 1 aliphatic heterocycles. The second-order valence-electron chi connectivity index (χ2n) is 6.79. The number of hydrogen-bond donors (Lipinski definition) is 2. The number of nitro benzene ring substituents is 1. The van der Waals surface area contributed by atoms with E-state index < -0.39 is 23.2 Å². The summed E-state index contributed by atoms with van der Waals surface area (Å²) in [4.78, 5) is 47.6. The molecule has 12 heteroatoms. The van der Waals surface area contributed by atoms with Crippen molar-refractivity contribution in [2.45, 2.75) is 31.6 Å². The number of hydrogen-bond acceptors (Lipinski definition) is 8. The predicted molar refractivity (Wildman–Crippen MR) is 109 cm³/mol. The van der Waals surface area contributed by atoms with Crippen molar-refractivity contribution in [1.29, 1.82) is 0 Å². The number of nitrogens with zero attached hydrogens (tertiary/aromatic N) is 3. The molecule has 164 valence electrons. The van der Waals surface area contributed by atoms with Crippen LogP contribution in [-0.4, -0.2) is 75.1 Å². The molecule has 2 atom stereocenters. The number of ether oxygens (including phenoxy) is 1. The summed E-state index contributed by atoms with van der Waals surface area (Å²) in [5, 5.41) is 20.6. The van der Waals surface area contributed by atoms with Crippen molar-refractivity contribution < 1.29 is 29.2 Å². The predicted octanol–water partition coefficient (Wildman–Crippen LogP) is 1.33. The highest BCUT2D eigenvalue weighted by atomic mass is 32.2. The van der Waals surface area contributed by atoms with Crippen LogP contribution < -0.4 is 5.73 Å². The van der Waals surface area contributed by atoms with Gasteiger partial charge < -0.3 is 20.5 Å². The van der Waals surface area contributed by atoms with E-state index in [-0.39, 0.29) is 37.2 Å². The molecule has 2 rings (SSSR count). The highest BCUT2D eigenvalue weighted by molar-refractivity contribution is 7.99. The van der Waals surface area contributed by atoms with Crippen LogP contribution in [0.3, 0.4) is 0 Å². The number of nitro groups is 1. The summed E-state index contributed by atoms with van der Waals surface area (Å²) in [6.45, 7) is 0.102. The van der Waals surface area contributed by atoms with Gasteiger partial charge in [0.1, 0.15) is 6.61 Å². The summed E-state index contributed by atoms with van der Waals surface area (Å²) in [6.07, 6.45) is -0.719. The number of β-amino-alcohol motifs (C(OH)–C–C–N with tert-alkyl or cyclic N) is 1. The maximum absolute atomic E-state index is 12.4. The van der Waals surface area contributed by atoms with E-state index in [1.807, 2.05) is 0 Å². The molecule has 1 aliphatic rings. The molecule has 3 N–H and O–H groups in total. The maximum atomic E-state index is 12.4. The first kappa shape index (κ1) is 23.4. The normalized spacial score (nSPS) is 18.1. The van der Waals surface area contributed by atoms with Crippen LogP contribution in [0.25, 0.3) is 0 Å². The lowest BCUT2D eigenvalue weighted by molar-refractivity contribution is -0.384. The summed E-state index contributed by atoms with van der Waals surface area (Å²) in [7, 11) is 1.31. The maximum Gasteiger partial charge on any atom is 0.410 e. The first-order chi connectivity index (χ1) is 14.2. The molecule has 1 saturated heterocycles. The van der Waals surface area contributed by atoms with Crippen LogP contribution in [0.1, 0.15) is 18.4 Å². The van der Waals surface area contributed by atoms with Crippen LogP contribution in [0.2, 0.25) is 0 Å². The van der Waals surface area contributed by atoms with Gasteiger partial charge in [-0.25, -0.2) is 9.59 Å². The molecule has 1 heterocycles. The third kappa shape index (κ3) is 6.59. The summed E-state index contributed by atoms with van der Waals surface area (Å²) in [5.74, 6) is 0.548. The average Bonchev–Trinajstić information content (AvgIpc) is 3.09. The number of benzene rings is 1. The van der Waals surface area contributed by atoms with Gasteiger partial charge in [0, 0.05) is 43.1 Å². The average molecular weight is 440 g/mol. The van der Waals surface area contributed by atoms with Crippen molar-refractivity contribution in [3.63, 3.8) is 0 Å². The van der Waals surface area contributed by atoms with E-state index in [1.54, 1.807) is 0 Å². The van der Waals surface area contributed by atoms with Crippen LogP contribution in [0.15, 0.2) is 24.3 Å². The van der Waals surface area contributed by atoms with E-state index in [4.69, 9.17) is 10.5 Å². The number of imide groups is 1. The topological polar surface area (TPSA) is 156 Å². The van der Waals surface area contributed by atoms with Gasteiger partial charge in [-0.2, -0.15) is 11.8 Å². The van der Waals surface area contributed by atoms with E-state index >= 15 is 0 Å². The summed E-state index contributed by atoms with van der Waals surface area (Å²) < 4.78 is 5.28. The zero-order chi connectivity index (χ0) is 22.3. The molecule has 1 fully saturated rings. The third-order valence-electron chi connectivity index (χ3n) is 4.61. The molecule has 0 aliphatic carbocycles. The fourth-order valence-corrected chi connectivity index (χ4v) is 3.96. The van der Waals surface area contributed by atoms with Crippen LogP contribution in [0, 0.1) is 10.1 Å². The zero-order valence-corrected chi connectivity index (χ0v) is 17.2. The Bertz CT molecular complexity index is 789. The number of thioether (sulfide) groups is 1. The molecular formula is C18H24N4O7S. The van der Waals surface area contributed by atoms with Crippen LogP contribution in [0.4, 0.5) is 15.3 Å². The number of nitrogens with two attached hydrogens (primary N) is 1. The number of carbonyl (C=O) groups is 3. The first-order valence-electron chi connectivity index (χ1n) is 9.17. The van der Waals surface area contributed by atoms with Gasteiger partial charge in [-0.1, -0.05) is 0 Å². The molecule has 0 saturated carbocycles. The van der Waals surface area contributed by atoms with Crippen LogP contribution in [-0.2, 0) is 16.1 Å². The third-order valence-corrected chi connectivity index (χ3v) is 5.72. The van der Waals surface area contributed by atoms with Crippen LogP contribution in [0.5, 0.6) is 0 Å². The van der Waals surface area contributed by atoms with Crippen molar-refractivity contribution in [3.8, 4) is 0 Å². The van der Waals surface area contributed by atoms with E-state index in [2.05, 4.69) is 0 Å². The van der Waals surface area contributed by atoms with Crippen molar-refractivity contribution in [2.75, 3.05) is 25.1 Å². The van der Waals surface area contributed by atoms with Crippen LogP contribution >= 0.6 is 11.8 Å². The Labute approximate surface area is 177 Å². The molecule has 1 aromatic carbocycles. The molecule has 0 spiro atoms. The molecule has 0 bridgehead atoms. The Hall–Kier alpha value is -2.86. The molecular weight excluding hydrogens is 416 g/mol. The fourth-order valence-electron chi connectivity index (χ4n) is 2.88. The van der Waals surface area contributed by atoms with Gasteiger partial charge in [-0.05, 0) is 24.1 Å². The van der Waals surface area contributed by atoms with Gasteiger partial charge in [-0.15, -0.1) is 0 Å². The molecule has 30 heavy (non-hydrogen) atoms. The van der Waals surface area contributed by atoms with Gasteiger partial charge in [-0.3, -0.25) is 19.8 Å². The minimum atomic E-state index is -0.814.